The summed E-state index contributed by atoms with van der Waals surface area (Å²) in [6.45, 7) is 4.04. The largest absolute Gasteiger partial charge is 0.376 e. The summed E-state index contributed by atoms with van der Waals surface area (Å²) in [5.74, 6) is 0. The molecule has 0 amide bonds. The van der Waals surface area contributed by atoms with E-state index in [1.165, 1.54) is 4.88 Å². The minimum absolute atomic E-state index is 0.118. The molecule has 0 spiro atoms. The first-order valence-corrected chi connectivity index (χ1v) is 7.31. The quantitative estimate of drug-likeness (QED) is 0.746. The van der Waals surface area contributed by atoms with Crippen molar-refractivity contribution in [3.8, 4) is 0 Å². The second-order valence-corrected chi connectivity index (χ2v) is 6.02. The predicted molar refractivity (Wildman–Crippen MR) is 80.4 cm³/mol. The number of hydrogen-bond acceptors (Lipinski definition) is 3. The molecule has 0 fully saturated rings. The van der Waals surface area contributed by atoms with E-state index in [0.717, 1.165) is 11.4 Å². The van der Waals surface area contributed by atoms with Crippen molar-refractivity contribution in [1.82, 2.24) is 4.98 Å². The van der Waals surface area contributed by atoms with Crippen LogP contribution in [0.4, 0.5) is 5.69 Å². The molecule has 0 radical (unpaired) electrons. The first kappa shape index (κ1) is 13.9. The van der Waals surface area contributed by atoms with E-state index in [0.29, 0.717) is 15.1 Å². The standard InChI is InChI=1S/C12H11Cl3N2S/c1-6-12(18-5-16-6)7(2)17-11-4-9(14)8(13)3-10(11)15/h3-5,7,17H,1-2H3. The highest BCUT2D eigenvalue weighted by molar-refractivity contribution is 7.09. The summed E-state index contributed by atoms with van der Waals surface area (Å²) in [7, 11) is 0. The summed E-state index contributed by atoms with van der Waals surface area (Å²) >= 11 is 19.6. The van der Waals surface area contributed by atoms with Gasteiger partial charge >= 0.3 is 0 Å². The van der Waals surface area contributed by atoms with Gasteiger partial charge in [-0.2, -0.15) is 0 Å². The average molecular weight is 322 g/mol. The smallest absolute Gasteiger partial charge is 0.0798 e. The zero-order valence-corrected chi connectivity index (χ0v) is 12.9. The molecule has 1 aromatic heterocycles. The predicted octanol–water partition coefficient (Wildman–Crippen LogP) is 5.58. The summed E-state index contributed by atoms with van der Waals surface area (Å²) in [4.78, 5) is 5.41. The van der Waals surface area contributed by atoms with E-state index in [1.54, 1.807) is 23.5 Å². The number of hydrogen-bond donors (Lipinski definition) is 1. The molecule has 0 saturated carbocycles. The van der Waals surface area contributed by atoms with Crippen LogP contribution in [0, 0.1) is 6.92 Å². The number of nitrogens with one attached hydrogen (secondary N) is 1. The Kier molecular flexibility index (Phi) is 4.38. The highest BCUT2D eigenvalue weighted by atomic mass is 35.5. The zero-order chi connectivity index (χ0) is 13.3. The fourth-order valence-electron chi connectivity index (χ4n) is 1.66. The molecule has 18 heavy (non-hydrogen) atoms. The van der Waals surface area contributed by atoms with Gasteiger partial charge in [-0.3, -0.25) is 0 Å². The Balaban J connectivity index is 2.24. The molecule has 1 N–H and O–H groups in total. The van der Waals surface area contributed by atoms with E-state index in [2.05, 4.69) is 17.2 Å². The Labute approximate surface area is 125 Å². The van der Waals surface area contributed by atoms with Gasteiger partial charge < -0.3 is 5.32 Å². The topological polar surface area (TPSA) is 24.9 Å². The monoisotopic (exact) mass is 320 g/mol. The third-order valence-corrected chi connectivity index (χ3v) is 4.71. The maximum absolute atomic E-state index is 6.13. The maximum atomic E-state index is 6.13. The fraction of sp³-hybridized carbons (Fsp3) is 0.250. The molecule has 96 valence electrons. The van der Waals surface area contributed by atoms with Gasteiger partial charge in [0.25, 0.3) is 0 Å². The Bertz CT molecular complexity index is 568. The van der Waals surface area contributed by atoms with Crippen LogP contribution in [0.1, 0.15) is 23.5 Å². The third kappa shape index (κ3) is 2.91. The lowest BCUT2D eigenvalue weighted by molar-refractivity contribution is 0.890. The lowest BCUT2D eigenvalue weighted by atomic mass is 10.2. The van der Waals surface area contributed by atoms with Gasteiger partial charge in [0.2, 0.25) is 0 Å². The van der Waals surface area contributed by atoms with Crippen molar-refractivity contribution in [1.29, 1.82) is 0 Å². The van der Waals surface area contributed by atoms with E-state index in [-0.39, 0.29) is 6.04 Å². The first-order chi connectivity index (χ1) is 8.49. The highest BCUT2D eigenvalue weighted by Crippen LogP contribution is 2.34. The van der Waals surface area contributed by atoms with Gasteiger partial charge in [0.05, 0.1) is 38.0 Å². The molecule has 2 aromatic rings. The van der Waals surface area contributed by atoms with Crippen LogP contribution in [-0.2, 0) is 0 Å². The maximum Gasteiger partial charge on any atom is 0.0798 e. The number of halogens is 3. The number of thiazole rings is 1. The number of aryl methyl sites for hydroxylation is 1. The molecule has 2 rings (SSSR count). The molecule has 0 bridgehead atoms. The van der Waals surface area contributed by atoms with Gasteiger partial charge in [-0.25, -0.2) is 4.98 Å². The summed E-state index contributed by atoms with van der Waals surface area (Å²) in [5, 5.41) is 4.81. The summed E-state index contributed by atoms with van der Waals surface area (Å²) in [6, 6.07) is 3.49. The van der Waals surface area contributed by atoms with Crippen molar-refractivity contribution in [2.24, 2.45) is 0 Å². The van der Waals surface area contributed by atoms with Crippen molar-refractivity contribution in [3.63, 3.8) is 0 Å². The molecule has 2 nitrogen and oxygen atoms in total. The molecule has 0 aliphatic rings. The van der Waals surface area contributed by atoms with E-state index >= 15 is 0 Å². The zero-order valence-electron chi connectivity index (χ0n) is 9.80. The van der Waals surface area contributed by atoms with Gasteiger partial charge in [0.1, 0.15) is 0 Å². The van der Waals surface area contributed by atoms with Gasteiger partial charge in [0, 0.05) is 4.88 Å². The van der Waals surface area contributed by atoms with Crippen LogP contribution in [0.2, 0.25) is 15.1 Å². The minimum atomic E-state index is 0.118. The SMILES string of the molecule is Cc1ncsc1C(C)Nc1cc(Cl)c(Cl)cc1Cl. The normalized spacial score (nSPS) is 12.5. The van der Waals surface area contributed by atoms with Crippen molar-refractivity contribution in [2.75, 3.05) is 5.32 Å². The number of benzene rings is 1. The fourth-order valence-corrected chi connectivity index (χ4v) is 3.07. The molecule has 1 aromatic carbocycles. The molecule has 0 aliphatic carbocycles. The van der Waals surface area contributed by atoms with Gasteiger partial charge in [-0.05, 0) is 26.0 Å². The van der Waals surface area contributed by atoms with Crippen molar-refractivity contribution < 1.29 is 0 Å². The molecular formula is C12H11Cl3N2S. The Morgan fingerprint density at radius 3 is 2.44 bits per heavy atom. The number of nitrogens with zero attached hydrogens (tertiary/aromatic N) is 1. The van der Waals surface area contributed by atoms with E-state index in [1.807, 2.05) is 12.4 Å². The van der Waals surface area contributed by atoms with Crippen molar-refractivity contribution in [2.45, 2.75) is 19.9 Å². The van der Waals surface area contributed by atoms with E-state index in [4.69, 9.17) is 34.8 Å². The van der Waals surface area contributed by atoms with Crippen LogP contribution < -0.4 is 5.32 Å². The summed E-state index contributed by atoms with van der Waals surface area (Å²) in [6.07, 6.45) is 0. The molecule has 0 aliphatic heterocycles. The van der Waals surface area contributed by atoms with Crippen LogP contribution in [-0.4, -0.2) is 4.98 Å². The number of rotatable bonds is 3. The van der Waals surface area contributed by atoms with Gasteiger partial charge in [-0.1, -0.05) is 34.8 Å². The average Bonchev–Trinajstić information content (AvgIpc) is 2.72. The number of anilines is 1. The second kappa shape index (κ2) is 5.66. The van der Waals surface area contributed by atoms with Crippen LogP contribution in [0.25, 0.3) is 0 Å². The number of aromatic nitrogens is 1. The highest BCUT2D eigenvalue weighted by Gasteiger charge is 2.13. The molecule has 1 unspecified atom stereocenters. The molecule has 0 saturated heterocycles. The van der Waals surface area contributed by atoms with Crippen molar-refractivity contribution >= 4 is 51.8 Å². The Morgan fingerprint density at radius 1 is 1.17 bits per heavy atom. The van der Waals surface area contributed by atoms with E-state index in [9.17, 15) is 0 Å². The van der Waals surface area contributed by atoms with Crippen molar-refractivity contribution in [3.05, 3.63) is 43.3 Å². The summed E-state index contributed by atoms with van der Waals surface area (Å²) < 4.78 is 0. The Morgan fingerprint density at radius 2 is 1.83 bits per heavy atom. The van der Waals surface area contributed by atoms with Gasteiger partial charge in [0.15, 0.2) is 0 Å². The molecule has 6 heteroatoms. The van der Waals surface area contributed by atoms with E-state index < -0.39 is 0 Å². The molecule has 1 atom stereocenters. The second-order valence-electron chi connectivity index (χ2n) is 3.91. The minimum Gasteiger partial charge on any atom is -0.376 e. The Hall–Kier alpha value is -0.480. The van der Waals surface area contributed by atoms with Crippen LogP contribution >= 0.6 is 46.1 Å². The van der Waals surface area contributed by atoms with Gasteiger partial charge in [-0.15, -0.1) is 11.3 Å². The lowest BCUT2D eigenvalue weighted by Crippen LogP contribution is -2.06. The van der Waals surface area contributed by atoms with Crippen LogP contribution in [0.15, 0.2) is 17.6 Å². The van der Waals surface area contributed by atoms with Crippen LogP contribution in [0.5, 0.6) is 0 Å². The lowest BCUT2D eigenvalue weighted by Gasteiger charge is -2.16. The molecule has 1 heterocycles. The summed E-state index contributed by atoms with van der Waals surface area (Å²) in [5.41, 5.74) is 3.63. The third-order valence-electron chi connectivity index (χ3n) is 2.56. The van der Waals surface area contributed by atoms with Crippen LogP contribution in [0.3, 0.4) is 0 Å². The first-order valence-electron chi connectivity index (χ1n) is 5.30. The molecular weight excluding hydrogens is 311 g/mol.